The van der Waals surface area contributed by atoms with Crippen LogP contribution in [0.3, 0.4) is 0 Å². The van der Waals surface area contributed by atoms with E-state index in [2.05, 4.69) is 0 Å². The third kappa shape index (κ3) is 4.30. The Bertz CT molecular complexity index is 2170. The van der Waals surface area contributed by atoms with Gasteiger partial charge in [0.15, 0.2) is 17.3 Å². The highest BCUT2D eigenvalue weighted by atomic mass is 16.3. The maximum absolute atomic E-state index is 14.3. The summed E-state index contributed by atoms with van der Waals surface area (Å²) in [6, 6.07) is 26.4. The van der Waals surface area contributed by atoms with E-state index < -0.39 is 23.7 Å². The number of nitrogens with zero attached hydrogens (tertiary/aromatic N) is 1. The Morgan fingerprint density at radius 2 is 1.49 bits per heavy atom. The molecular formula is C40H29NO6. The summed E-state index contributed by atoms with van der Waals surface area (Å²) >= 11 is 0. The number of carbonyl (C=O) groups excluding carboxylic acids is 5. The van der Waals surface area contributed by atoms with Gasteiger partial charge in [-0.1, -0.05) is 78.4 Å². The highest BCUT2D eigenvalue weighted by Gasteiger charge is 2.56. The zero-order valence-electron chi connectivity index (χ0n) is 25.5. The van der Waals surface area contributed by atoms with Crippen molar-refractivity contribution >= 4 is 45.6 Å². The monoisotopic (exact) mass is 619 g/mol. The molecule has 0 aromatic heterocycles. The molecule has 1 aliphatic heterocycles. The van der Waals surface area contributed by atoms with Crippen LogP contribution in [-0.2, 0) is 19.2 Å². The van der Waals surface area contributed by atoms with Gasteiger partial charge in [-0.25, -0.2) is 0 Å². The normalized spacial score (nSPS) is 23.7. The molecule has 7 nitrogen and oxygen atoms in total. The van der Waals surface area contributed by atoms with Crippen LogP contribution in [-0.4, -0.2) is 34.3 Å². The van der Waals surface area contributed by atoms with Crippen molar-refractivity contribution in [3.63, 3.8) is 0 Å². The number of hydrogen-bond acceptors (Lipinski definition) is 6. The molecule has 3 aliphatic carbocycles. The smallest absolute Gasteiger partial charge is 0.238 e. The molecule has 4 aromatic carbocycles. The first-order valence-corrected chi connectivity index (χ1v) is 15.7. The van der Waals surface area contributed by atoms with E-state index in [1.165, 1.54) is 11.0 Å². The molecule has 7 heteroatoms. The second-order valence-electron chi connectivity index (χ2n) is 12.7. The number of phenols is 1. The minimum Gasteiger partial charge on any atom is -0.507 e. The average Bonchev–Trinajstić information content (AvgIpc) is 3.36. The Morgan fingerprint density at radius 3 is 2.26 bits per heavy atom. The number of benzene rings is 4. The Labute approximate surface area is 270 Å². The number of aromatic hydroxyl groups is 1. The van der Waals surface area contributed by atoms with Gasteiger partial charge in [0.25, 0.3) is 0 Å². The van der Waals surface area contributed by atoms with E-state index in [1.54, 1.807) is 61.5 Å². The van der Waals surface area contributed by atoms with E-state index in [-0.39, 0.29) is 47.8 Å². The number of hydrogen-bond donors (Lipinski definition) is 1. The molecule has 0 saturated carbocycles. The molecule has 2 amide bonds. The van der Waals surface area contributed by atoms with Crippen LogP contribution >= 0.6 is 0 Å². The second-order valence-corrected chi connectivity index (χ2v) is 12.7. The Morgan fingerprint density at radius 1 is 0.787 bits per heavy atom. The number of imide groups is 1. The van der Waals surface area contributed by atoms with Crippen molar-refractivity contribution in [2.24, 2.45) is 17.8 Å². The van der Waals surface area contributed by atoms with Crippen molar-refractivity contribution in [3.8, 4) is 5.75 Å². The van der Waals surface area contributed by atoms with Crippen molar-refractivity contribution < 1.29 is 29.1 Å². The van der Waals surface area contributed by atoms with E-state index in [4.69, 9.17) is 0 Å². The van der Waals surface area contributed by atoms with Gasteiger partial charge < -0.3 is 5.11 Å². The zero-order valence-corrected chi connectivity index (χ0v) is 25.5. The summed E-state index contributed by atoms with van der Waals surface area (Å²) in [5.41, 5.74) is 3.63. The van der Waals surface area contributed by atoms with Crippen LogP contribution < -0.4 is 4.90 Å². The molecular weight excluding hydrogens is 590 g/mol. The number of amides is 2. The highest BCUT2D eigenvalue weighted by molar-refractivity contribution is 6.25. The molecule has 4 unspecified atom stereocenters. The number of phenolic OH excluding ortho intramolecular Hbond substituents is 1. The lowest BCUT2D eigenvalue weighted by Gasteiger charge is -2.42. The van der Waals surface area contributed by atoms with Crippen molar-refractivity contribution in [3.05, 3.63) is 142 Å². The first-order valence-electron chi connectivity index (χ1n) is 15.7. The van der Waals surface area contributed by atoms with Gasteiger partial charge in [-0.15, -0.1) is 0 Å². The third-order valence-electron chi connectivity index (χ3n) is 10.2. The van der Waals surface area contributed by atoms with Gasteiger partial charge in [0.2, 0.25) is 11.8 Å². The molecule has 1 fully saturated rings. The summed E-state index contributed by atoms with van der Waals surface area (Å²) in [7, 11) is 0. The molecule has 0 radical (unpaired) electrons. The fourth-order valence-electron chi connectivity index (χ4n) is 8.01. The molecule has 4 aliphatic rings. The number of carbonyl (C=O) groups is 5. The van der Waals surface area contributed by atoms with Gasteiger partial charge in [0, 0.05) is 44.7 Å². The number of fused-ring (bicyclic) bond motifs is 4. The van der Waals surface area contributed by atoms with Crippen LogP contribution in [0.2, 0.25) is 0 Å². The lowest BCUT2D eigenvalue weighted by molar-refractivity contribution is -0.123. The van der Waals surface area contributed by atoms with Gasteiger partial charge >= 0.3 is 0 Å². The van der Waals surface area contributed by atoms with Gasteiger partial charge in [0.1, 0.15) is 5.75 Å². The molecule has 1 N–H and O–H groups in total. The predicted octanol–water partition coefficient (Wildman–Crippen LogP) is 6.41. The van der Waals surface area contributed by atoms with Crippen molar-refractivity contribution in [2.75, 3.05) is 4.90 Å². The summed E-state index contributed by atoms with van der Waals surface area (Å²) in [6.07, 6.45) is 3.73. The summed E-state index contributed by atoms with van der Waals surface area (Å²) < 4.78 is 0. The van der Waals surface area contributed by atoms with E-state index in [0.29, 0.717) is 44.5 Å². The number of rotatable bonds is 4. The standard InChI is InChI=1S/C40H29NO6/c1-21-19-32(42)35-31(36(21)43)20-30-27(33(35)28-16-13-22-7-5-6-10-26(22)38(28)45)17-18-29-34(30)40(47)41(39(29)46)25-14-11-24(12-15-25)37(44)23-8-3-2-4-9-23/h2-17,19,29-30,33-34,45H,18,20H2,1H3. The molecule has 0 bridgehead atoms. The largest absolute Gasteiger partial charge is 0.507 e. The van der Waals surface area contributed by atoms with Crippen LogP contribution in [0.15, 0.2) is 125 Å². The van der Waals surface area contributed by atoms with E-state index in [0.717, 1.165) is 11.0 Å². The molecule has 8 rings (SSSR count). The molecule has 1 heterocycles. The summed E-state index contributed by atoms with van der Waals surface area (Å²) in [6.45, 7) is 1.61. The van der Waals surface area contributed by atoms with Gasteiger partial charge in [0.05, 0.1) is 17.5 Å². The van der Waals surface area contributed by atoms with Crippen molar-refractivity contribution in [2.45, 2.75) is 25.7 Å². The van der Waals surface area contributed by atoms with E-state index >= 15 is 0 Å². The number of Topliss-reactive ketones (excluding diaryl/α,β-unsaturated/α-hetero) is 1. The third-order valence-corrected chi connectivity index (χ3v) is 10.2. The fraction of sp³-hybridized carbons (Fsp3) is 0.175. The fourth-order valence-corrected chi connectivity index (χ4v) is 8.01. The minimum absolute atomic E-state index is 0.0238. The Hall–Kier alpha value is -5.69. The summed E-state index contributed by atoms with van der Waals surface area (Å²) in [5, 5.41) is 13.0. The quantitative estimate of drug-likeness (QED) is 0.122. The molecule has 4 aromatic rings. The topological polar surface area (TPSA) is 109 Å². The predicted molar refractivity (Wildman–Crippen MR) is 176 cm³/mol. The average molecular weight is 620 g/mol. The molecule has 1 saturated heterocycles. The maximum Gasteiger partial charge on any atom is 0.238 e. The summed E-state index contributed by atoms with van der Waals surface area (Å²) in [4.78, 5) is 69.6. The molecule has 4 atom stereocenters. The molecule has 0 spiro atoms. The van der Waals surface area contributed by atoms with Crippen LogP contribution in [0.1, 0.15) is 47.2 Å². The first-order chi connectivity index (χ1) is 22.7. The van der Waals surface area contributed by atoms with E-state index in [9.17, 15) is 29.1 Å². The number of ketones is 3. The first kappa shape index (κ1) is 28.8. The van der Waals surface area contributed by atoms with Crippen LogP contribution in [0.25, 0.3) is 10.8 Å². The molecule has 230 valence electrons. The lowest BCUT2D eigenvalue weighted by atomic mass is 9.59. The van der Waals surface area contributed by atoms with Crippen LogP contribution in [0.4, 0.5) is 5.69 Å². The van der Waals surface area contributed by atoms with Crippen molar-refractivity contribution in [1.82, 2.24) is 0 Å². The van der Waals surface area contributed by atoms with Gasteiger partial charge in [-0.2, -0.15) is 0 Å². The van der Waals surface area contributed by atoms with E-state index in [1.807, 2.05) is 42.5 Å². The second kappa shape index (κ2) is 10.7. The highest BCUT2D eigenvalue weighted by Crippen LogP contribution is 2.56. The SMILES string of the molecule is CC1=CC(=O)C2=C(CC3C(=CCC4C(=O)N(c5ccc(C(=O)c6ccccc6)cc5)C(=O)C43)C2c2ccc3ccccc3c2O)C1=O. The van der Waals surface area contributed by atoms with Crippen LogP contribution in [0.5, 0.6) is 5.75 Å². The number of allylic oxidation sites excluding steroid dienone is 6. The van der Waals surface area contributed by atoms with Crippen LogP contribution in [0, 0.1) is 17.8 Å². The minimum atomic E-state index is -0.749. The summed E-state index contributed by atoms with van der Waals surface area (Å²) in [5.74, 6) is -4.02. The zero-order chi connectivity index (χ0) is 32.6. The Kier molecular flexibility index (Phi) is 6.55. The Balaban J connectivity index is 1.19. The van der Waals surface area contributed by atoms with Gasteiger partial charge in [-0.05, 0) is 61.4 Å². The molecule has 47 heavy (non-hydrogen) atoms. The van der Waals surface area contributed by atoms with Crippen molar-refractivity contribution in [1.29, 1.82) is 0 Å². The maximum atomic E-state index is 14.3. The lowest BCUT2D eigenvalue weighted by Crippen LogP contribution is -2.39. The number of anilines is 1. The van der Waals surface area contributed by atoms with Gasteiger partial charge in [-0.3, -0.25) is 28.9 Å².